The zero-order valence-corrected chi connectivity index (χ0v) is 9.19. The minimum absolute atomic E-state index is 0.124. The number of hydrogen-bond acceptors (Lipinski definition) is 3. The van der Waals surface area contributed by atoms with Crippen LogP contribution in [-0.2, 0) is 0 Å². The fourth-order valence-electron chi connectivity index (χ4n) is 1.84. The van der Waals surface area contributed by atoms with Crippen molar-refractivity contribution in [3.63, 3.8) is 0 Å². The van der Waals surface area contributed by atoms with Gasteiger partial charge in [-0.3, -0.25) is 9.59 Å². The highest BCUT2D eigenvalue weighted by molar-refractivity contribution is 5.94. The second-order valence-corrected chi connectivity index (χ2v) is 4.32. The van der Waals surface area contributed by atoms with E-state index in [9.17, 15) is 9.59 Å². The normalized spacial score (nSPS) is 18.0. The molecule has 16 heavy (non-hydrogen) atoms. The molecule has 0 atom stereocenters. The number of carbonyl (C=O) groups excluding carboxylic acids is 1. The Kier molecular flexibility index (Phi) is 2.55. The number of nitrogens with one attached hydrogen (secondary N) is 1. The van der Waals surface area contributed by atoms with Crippen LogP contribution in [0.25, 0.3) is 0 Å². The van der Waals surface area contributed by atoms with Crippen molar-refractivity contribution in [2.75, 3.05) is 13.1 Å². The van der Waals surface area contributed by atoms with Crippen LogP contribution in [0, 0.1) is 0 Å². The number of rotatable bonds is 2. The van der Waals surface area contributed by atoms with Crippen LogP contribution in [0.15, 0.2) is 23.1 Å². The quantitative estimate of drug-likeness (QED) is 0.734. The van der Waals surface area contributed by atoms with E-state index in [2.05, 4.69) is 4.98 Å². The van der Waals surface area contributed by atoms with Gasteiger partial charge in [0.15, 0.2) is 0 Å². The number of amides is 1. The molecular weight excluding hydrogens is 206 g/mol. The lowest BCUT2D eigenvalue weighted by Gasteiger charge is -2.47. The van der Waals surface area contributed by atoms with Crippen LogP contribution in [0.1, 0.15) is 23.7 Å². The van der Waals surface area contributed by atoms with Crippen LogP contribution in [0.5, 0.6) is 0 Å². The van der Waals surface area contributed by atoms with Crippen LogP contribution in [-0.4, -0.2) is 34.4 Å². The van der Waals surface area contributed by atoms with Crippen molar-refractivity contribution >= 4 is 5.91 Å². The molecule has 1 aliphatic heterocycles. The molecule has 0 aromatic carbocycles. The number of aromatic amines is 1. The summed E-state index contributed by atoms with van der Waals surface area (Å²) < 4.78 is 0. The number of H-pyrrole nitrogens is 1. The molecule has 0 spiro atoms. The molecule has 1 fully saturated rings. The molecule has 0 radical (unpaired) electrons. The topological polar surface area (TPSA) is 79.2 Å². The molecule has 2 heterocycles. The lowest BCUT2D eigenvalue weighted by Crippen LogP contribution is -2.68. The molecule has 3 N–H and O–H groups in total. The van der Waals surface area contributed by atoms with Crippen molar-refractivity contribution in [3.8, 4) is 0 Å². The molecule has 86 valence electrons. The Labute approximate surface area is 93.3 Å². The van der Waals surface area contributed by atoms with Gasteiger partial charge in [-0.1, -0.05) is 6.92 Å². The van der Waals surface area contributed by atoms with Crippen molar-refractivity contribution in [1.29, 1.82) is 0 Å². The highest BCUT2D eigenvalue weighted by Crippen LogP contribution is 2.22. The predicted molar refractivity (Wildman–Crippen MR) is 60.2 cm³/mol. The van der Waals surface area contributed by atoms with Gasteiger partial charge in [0.2, 0.25) is 5.56 Å². The maximum absolute atomic E-state index is 11.9. The van der Waals surface area contributed by atoms with E-state index >= 15 is 0 Å². The Bertz CT molecular complexity index is 460. The molecule has 5 nitrogen and oxygen atoms in total. The van der Waals surface area contributed by atoms with Crippen LogP contribution in [0.2, 0.25) is 0 Å². The number of carbonyl (C=O) groups is 1. The van der Waals surface area contributed by atoms with Gasteiger partial charge in [-0.15, -0.1) is 0 Å². The molecule has 1 aromatic heterocycles. The summed E-state index contributed by atoms with van der Waals surface area (Å²) in [5, 5.41) is 0. The molecule has 1 aliphatic rings. The van der Waals surface area contributed by atoms with Gasteiger partial charge >= 0.3 is 0 Å². The van der Waals surface area contributed by atoms with Gasteiger partial charge < -0.3 is 15.6 Å². The summed E-state index contributed by atoms with van der Waals surface area (Å²) >= 11 is 0. The minimum atomic E-state index is -0.263. The van der Waals surface area contributed by atoms with Gasteiger partial charge in [0.05, 0.1) is 5.54 Å². The lowest BCUT2D eigenvalue weighted by atomic mass is 9.88. The van der Waals surface area contributed by atoms with E-state index in [0.717, 1.165) is 6.42 Å². The fraction of sp³-hybridized carbons (Fsp3) is 0.455. The highest BCUT2D eigenvalue weighted by Gasteiger charge is 2.40. The van der Waals surface area contributed by atoms with E-state index in [1.807, 2.05) is 6.92 Å². The average molecular weight is 221 g/mol. The van der Waals surface area contributed by atoms with E-state index < -0.39 is 0 Å². The Hall–Kier alpha value is -1.62. The van der Waals surface area contributed by atoms with Gasteiger partial charge in [0.1, 0.15) is 0 Å². The average Bonchev–Trinajstić information content (AvgIpc) is 2.24. The number of nitrogens with two attached hydrogens (primary N) is 1. The fourth-order valence-corrected chi connectivity index (χ4v) is 1.84. The first-order valence-corrected chi connectivity index (χ1v) is 5.31. The zero-order chi connectivity index (χ0) is 11.8. The Balaban J connectivity index is 2.08. The number of hydrogen-bond donors (Lipinski definition) is 2. The molecule has 2 rings (SSSR count). The second-order valence-electron chi connectivity index (χ2n) is 4.32. The van der Waals surface area contributed by atoms with Crippen molar-refractivity contribution in [2.45, 2.75) is 18.9 Å². The number of pyridine rings is 1. The summed E-state index contributed by atoms with van der Waals surface area (Å²) in [6.07, 6.45) is 2.33. The van der Waals surface area contributed by atoms with Gasteiger partial charge in [-0.2, -0.15) is 0 Å². The molecule has 5 heteroatoms. The van der Waals surface area contributed by atoms with Crippen molar-refractivity contribution in [3.05, 3.63) is 34.2 Å². The van der Waals surface area contributed by atoms with Crippen molar-refractivity contribution in [2.24, 2.45) is 5.73 Å². The zero-order valence-electron chi connectivity index (χ0n) is 9.19. The monoisotopic (exact) mass is 221 g/mol. The van der Waals surface area contributed by atoms with Gasteiger partial charge in [0, 0.05) is 30.9 Å². The minimum Gasteiger partial charge on any atom is -0.335 e. The maximum atomic E-state index is 11.9. The molecule has 0 bridgehead atoms. The molecule has 0 saturated carbocycles. The Morgan fingerprint density at radius 2 is 2.31 bits per heavy atom. The number of aromatic nitrogens is 1. The van der Waals surface area contributed by atoms with Crippen molar-refractivity contribution < 1.29 is 4.79 Å². The summed E-state index contributed by atoms with van der Waals surface area (Å²) in [7, 11) is 0. The standard InChI is InChI=1S/C11H15N3O2/c1-2-11(12)6-14(7-11)10(16)8-3-4-13-9(15)5-8/h3-5H,2,6-7,12H2,1H3,(H,13,15). The summed E-state index contributed by atoms with van der Waals surface area (Å²) in [4.78, 5) is 27.1. The van der Waals surface area contributed by atoms with E-state index in [0.29, 0.717) is 18.7 Å². The SMILES string of the molecule is CCC1(N)CN(C(=O)c2cc[nH]c(=O)c2)C1. The third-order valence-electron chi connectivity index (χ3n) is 3.02. The molecule has 0 aliphatic carbocycles. The summed E-state index contributed by atoms with van der Waals surface area (Å²) in [6.45, 7) is 3.14. The first kappa shape index (κ1) is 10.9. The van der Waals surface area contributed by atoms with Crippen LogP contribution in [0.3, 0.4) is 0 Å². The van der Waals surface area contributed by atoms with Gasteiger partial charge in [0.25, 0.3) is 5.91 Å². The predicted octanol–water partition coefficient (Wildman–Crippen LogP) is -0.0618. The lowest BCUT2D eigenvalue weighted by molar-refractivity contribution is 0.0401. The molecule has 1 amide bonds. The summed E-state index contributed by atoms with van der Waals surface area (Å²) in [5.41, 5.74) is 5.89. The van der Waals surface area contributed by atoms with E-state index in [1.54, 1.807) is 11.0 Å². The molecule has 1 aromatic rings. The molecular formula is C11H15N3O2. The van der Waals surface area contributed by atoms with Crippen LogP contribution in [0.4, 0.5) is 0 Å². The maximum Gasteiger partial charge on any atom is 0.254 e. The van der Waals surface area contributed by atoms with Gasteiger partial charge in [-0.25, -0.2) is 0 Å². The van der Waals surface area contributed by atoms with E-state index in [1.165, 1.54) is 12.3 Å². The summed E-state index contributed by atoms with van der Waals surface area (Å²) in [6, 6.07) is 2.91. The Morgan fingerprint density at radius 3 is 2.88 bits per heavy atom. The first-order valence-electron chi connectivity index (χ1n) is 5.31. The van der Waals surface area contributed by atoms with Crippen LogP contribution >= 0.6 is 0 Å². The summed E-state index contributed by atoms with van der Waals surface area (Å²) in [5.74, 6) is -0.124. The smallest absolute Gasteiger partial charge is 0.254 e. The third-order valence-corrected chi connectivity index (χ3v) is 3.02. The second kappa shape index (κ2) is 3.75. The Morgan fingerprint density at radius 1 is 1.62 bits per heavy atom. The van der Waals surface area contributed by atoms with E-state index in [-0.39, 0.29) is 17.0 Å². The van der Waals surface area contributed by atoms with Crippen LogP contribution < -0.4 is 11.3 Å². The van der Waals surface area contributed by atoms with Crippen molar-refractivity contribution in [1.82, 2.24) is 9.88 Å². The number of nitrogens with zero attached hydrogens (tertiary/aromatic N) is 1. The first-order chi connectivity index (χ1) is 7.54. The van der Waals surface area contributed by atoms with E-state index in [4.69, 9.17) is 5.73 Å². The van der Waals surface area contributed by atoms with Gasteiger partial charge in [-0.05, 0) is 12.5 Å². The highest BCUT2D eigenvalue weighted by atomic mass is 16.2. The third kappa shape index (κ3) is 1.86. The number of likely N-dealkylation sites (tertiary alicyclic amines) is 1. The largest absolute Gasteiger partial charge is 0.335 e. The molecule has 1 saturated heterocycles. The molecule has 0 unspecified atom stereocenters.